The third-order valence-electron chi connectivity index (χ3n) is 4.09. The van der Waals surface area contributed by atoms with Gasteiger partial charge in [0.05, 0.1) is 13.0 Å². The van der Waals surface area contributed by atoms with Crippen molar-refractivity contribution in [3.05, 3.63) is 35.4 Å². The van der Waals surface area contributed by atoms with E-state index in [0.29, 0.717) is 19.0 Å². The number of guanidine groups is 1. The SMILES string of the molecule is CCNC(=NCc1ccc(CN2CCCC2)cc1)NCCC(F)(F)F. The second-order valence-corrected chi connectivity index (χ2v) is 6.29. The van der Waals surface area contributed by atoms with E-state index in [4.69, 9.17) is 0 Å². The third kappa shape index (κ3) is 7.77. The minimum absolute atomic E-state index is 0.176. The van der Waals surface area contributed by atoms with Gasteiger partial charge in [0.1, 0.15) is 0 Å². The average Bonchev–Trinajstić information content (AvgIpc) is 3.06. The van der Waals surface area contributed by atoms with Crippen LogP contribution in [0.15, 0.2) is 29.3 Å². The van der Waals surface area contributed by atoms with Gasteiger partial charge in [0.2, 0.25) is 0 Å². The second-order valence-electron chi connectivity index (χ2n) is 6.29. The van der Waals surface area contributed by atoms with Crippen LogP contribution in [-0.2, 0) is 13.1 Å². The number of likely N-dealkylation sites (tertiary alicyclic amines) is 1. The number of alkyl halides is 3. The Bertz CT molecular complexity index is 534. The maximum Gasteiger partial charge on any atom is 0.390 e. The van der Waals surface area contributed by atoms with Crippen LogP contribution in [0.25, 0.3) is 0 Å². The summed E-state index contributed by atoms with van der Waals surface area (Å²) >= 11 is 0. The topological polar surface area (TPSA) is 39.7 Å². The zero-order valence-electron chi connectivity index (χ0n) is 14.7. The van der Waals surface area contributed by atoms with Gasteiger partial charge in [-0.25, -0.2) is 4.99 Å². The zero-order valence-corrected chi connectivity index (χ0v) is 14.7. The molecule has 0 saturated carbocycles. The van der Waals surface area contributed by atoms with Crippen LogP contribution in [0.2, 0.25) is 0 Å². The van der Waals surface area contributed by atoms with Crippen molar-refractivity contribution >= 4 is 5.96 Å². The van der Waals surface area contributed by atoms with Crippen molar-refractivity contribution in [2.75, 3.05) is 26.2 Å². The molecule has 0 spiro atoms. The monoisotopic (exact) mass is 356 g/mol. The van der Waals surface area contributed by atoms with Gasteiger partial charge in [-0.1, -0.05) is 24.3 Å². The summed E-state index contributed by atoms with van der Waals surface area (Å²) in [7, 11) is 0. The highest BCUT2D eigenvalue weighted by atomic mass is 19.4. The van der Waals surface area contributed by atoms with Gasteiger partial charge in [0.15, 0.2) is 5.96 Å². The number of halogens is 3. The first-order valence-corrected chi connectivity index (χ1v) is 8.85. The summed E-state index contributed by atoms with van der Waals surface area (Å²) in [6, 6.07) is 8.28. The van der Waals surface area contributed by atoms with Crippen LogP contribution in [-0.4, -0.2) is 43.2 Å². The van der Waals surface area contributed by atoms with E-state index in [1.807, 2.05) is 19.1 Å². The molecule has 0 amide bonds. The molecular weight excluding hydrogens is 329 g/mol. The maximum absolute atomic E-state index is 12.2. The summed E-state index contributed by atoms with van der Waals surface area (Å²) in [4.78, 5) is 6.80. The lowest BCUT2D eigenvalue weighted by atomic mass is 10.1. The molecule has 1 fully saturated rings. The molecule has 4 nitrogen and oxygen atoms in total. The molecule has 1 aromatic carbocycles. The van der Waals surface area contributed by atoms with Crippen LogP contribution < -0.4 is 10.6 Å². The molecule has 0 unspecified atom stereocenters. The quantitative estimate of drug-likeness (QED) is 0.582. The molecule has 7 heteroatoms. The second kappa shape index (κ2) is 9.65. The van der Waals surface area contributed by atoms with Gasteiger partial charge in [-0.05, 0) is 44.0 Å². The Morgan fingerprint density at radius 3 is 2.32 bits per heavy atom. The fourth-order valence-corrected chi connectivity index (χ4v) is 2.78. The van der Waals surface area contributed by atoms with Gasteiger partial charge >= 0.3 is 6.18 Å². The molecule has 1 aliphatic heterocycles. The highest BCUT2D eigenvalue weighted by Crippen LogP contribution is 2.18. The lowest BCUT2D eigenvalue weighted by Gasteiger charge is -2.14. The Labute approximate surface area is 147 Å². The van der Waals surface area contributed by atoms with Crippen molar-refractivity contribution in [3.63, 3.8) is 0 Å². The number of hydrogen-bond acceptors (Lipinski definition) is 2. The molecule has 1 aromatic rings. The van der Waals surface area contributed by atoms with Gasteiger partial charge in [-0.3, -0.25) is 4.90 Å². The average molecular weight is 356 g/mol. The first kappa shape index (κ1) is 19.6. The number of rotatable bonds is 7. The maximum atomic E-state index is 12.2. The van der Waals surface area contributed by atoms with Crippen molar-refractivity contribution < 1.29 is 13.2 Å². The summed E-state index contributed by atoms with van der Waals surface area (Å²) in [6.07, 6.45) is -2.47. The van der Waals surface area contributed by atoms with Crippen LogP contribution in [0.4, 0.5) is 13.2 Å². The number of benzene rings is 1. The van der Waals surface area contributed by atoms with Crippen LogP contribution in [0.3, 0.4) is 0 Å². The Kier molecular flexibility index (Phi) is 7.55. The Balaban J connectivity index is 1.83. The van der Waals surface area contributed by atoms with Crippen molar-refractivity contribution in [2.24, 2.45) is 4.99 Å². The molecule has 1 heterocycles. The summed E-state index contributed by atoms with van der Waals surface area (Å²) in [5, 5.41) is 5.68. The van der Waals surface area contributed by atoms with Gasteiger partial charge in [-0.15, -0.1) is 0 Å². The van der Waals surface area contributed by atoms with Crippen LogP contribution >= 0.6 is 0 Å². The first-order chi connectivity index (χ1) is 12.0. The van der Waals surface area contributed by atoms with Crippen molar-refractivity contribution in [3.8, 4) is 0 Å². The summed E-state index contributed by atoms with van der Waals surface area (Å²) < 4.78 is 36.7. The highest BCUT2D eigenvalue weighted by molar-refractivity contribution is 5.79. The fourth-order valence-electron chi connectivity index (χ4n) is 2.78. The largest absolute Gasteiger partial charge is 0.390 e. The van der Waals surface area contributed by atoms with Crippen LogP contribution in [0.5, 0.6) is 0 Å². The van der Waals surface area contributed by atoms with E-state index in [1.54, 1.807) is 0 Å². The molecule has 1 aliphatic rings. The Hall–Kier alpha value is -1.76. The van der Waals surface area contributed by atoms with Crippen molar-refractivity contribution in [1.29, 1.82) is 0 Å². The zero-order chi connectivity index (χ0) is 18.1. The molecule has 25 heavy (non-hydrogen) atoms. The molecule has 0 aliphatic carbocycles. The lowest BCUT2D eigenvalue weighted by molar-refractivity contribution is -0.132. The molecule has 2 rings (SSSR count). The molecule has 2 N–H and O–H groups in total. The van der Waals surface area contributed by atoms with Gasteiger partial charge in [-0.2, -0.15) is 13.2 Å². The van der Waals surface area contributed by atoms with E-state index in [-0.39, 0.29) is 6.54 Å². The third-order valence-corrected chi connectivity index (χ3v) is 4.09. The van der Waals surface area contributed by atoms with E-state index < -0.39 is 12.6 Å². The van der Waals surface area contributed by atoms with E-state index >= 15 is 0 Å². The number of aliphatic imine (C=N–C) groups is 1. The predicted molar refractivity (Wildman–Crippen MR) is 94.4 cm³/mol. The van der Waals surface area contributed by atoms with E-state index in [0.717, 1.165) is 12.1 Å². The normalized spacial score (nSPS) is 16.2. The predicted octanol–water partition coefficient (Wildman–Crippen LogP) is 3.29. The molecule has 140 valence electrons. The van der Waals surface area contributed by atoms with E-state index in [1.165, 1.54) is 31.5 Å². The van der Waals surface area contributed by atoms with E-state index in [2.05, 4.69) is 32.7 Å². The number of nitrogens with one attached hydrogen (secondary N) is 2. The lowest BCUT2D eigenvalue weighted by Crippen LogP contribution is -2.38. The molecular formula is C18H27F3N4. The smallest absolute Gasteiger partial charge is 0.357 e. The Morgan fingerprint density at radius 1 is 1.08 bits per heavy atom. The van der Waals surface area contributed by atoms with E-state index in [9.17, 15) is 13.2 Å². The molecule has 0 bridgehead atoms. The van der Waals surface area contributed by atoms with Gasteiger partial charge in [0.25, 0.3) is 0 Å². The highest BCUT2D eigenvalue weighted by Gasteiger charge is 2.26. The van der Waals surface area contributed by atoms with Crippen molar-refractivity contribution in [2.45, 2.75) is 45.5 Å². The minimum atomic E-state index is -4.16. The van der Waals surface area contributed by atoms with Crippen molar-refractivity contribution in [1.82, 2.24) is 15.5 Å². The fraction of sp³-hybridized carbons (Fsp3) is 0.611. The minimum Gasteiger partial charge on any atom is -0.357 e. The first-order valence-electron chi connectivity index (χ1n) is 8.85. The van der Waals surface area contributed by atoms with Gasteiger partial charge in [0, 0.05) is 19.6 Å². The standard InChI is InChI=1S/C18H27F3N4/c1-2-22-17(23-10-9-18(19,20)21)24-13-15-5-7-16(8-6-15)14-25-11-3-4-12-25/h5-8H,2-4,9-14H2,1H3,(H2,22,23,24). The molecule has 0 aromatic heterocycles. The Morgan fingerprint density at radius 2 is 1.72 bits per heavy atom. The molecule has 1 saturated heterocycles. The molecule has 0 radical (unpaired) electrons. The van der Waals surface area contributed by atoms with Crippen LogP contribution in [0, 0.1) is 0 Å². The summed E-state index contributed by atoms with van der Waals surface area (Å²) in [5.41, 5.74) is 2.32. The van der Waals surface area contributed by atoms with Crippen LogP contribution in [0.1, 0.15) is 37.3 Å². The summed E-state index contributed by atoms with van der Waals surface area (Å²) in [6.45, 7) is 6.06. The number of nitrogens with zero attached hydrogens (tertiary/aromatic N) is 2. The number of hydrogen-bond donors (Lipinski definition) is 2. The summed E-state index contributed by atoms with van der Waals surface area (Å²) in [5.74, 6) is 0.410. The van der Waals surface area contributed by atoms with Gasteiger partial charge < -0.3 is 10.6 Å². The molecule has 0 atom stereocenters.